The van der Waals surface area contributed by atoms with Crippen LogP contribution >= 0.6 is 0 Å². The molecule has 0 aliphatic carbocycles. The maximum Gasteiger partial charge on any atom is 0.159 e. The summed E-state index contributed by atoms with van der Waals surface area (Å²) in [5, 5.41) is 0. The number of hydrogen-bond acceptors (Lipinski definition) is 3. The second-order valence-electron chi connectivity index (χ2n) is 8.30. The molecule has 0 saturated carbocycles. The maximum absolute atomic E-state index is 5.86. The molecular weight excluding hydrogens is 368 g/mol. The van der Waals surface area contributed by atoms with Crippen LogP contribution in [0.3, 0.4) is 0 Å². The molecule has 0 amide bonds. The molecule has 0 N–H and O–H groups in total. The molecule has 1 aromatic carbocycles. The van der Waals surface area contributed by atoms with Crippen molar-refractivity contribution in [3.05, 3.63) is 54.4 Å². The summed E-state index contributed by atoms with van der Waals surface area (Å²) in [5.41, 5.74) is 2.26. The Morgan fingerprint density at radius 1 is 0.900 bits per heavy atom. The van der Waals surface area contributed by atoms with E-state index in [1.165, 1.54) is 50.5 Å². The number of aromatic nitrogens is 2. The fourth-order valence-electron chi connectivity index (χ4n) is 3.32. The van der Waals surface area contributed by atoms with Gasteiger partial charge < -0.3 is 4.74 Å². The predicted octanol–water partition coefficient (Wildman–Crippen LogP) is 7.81. The number of unbranched alkanes of at least 4 members (excludes halogenated alkanes) is 4. The minimum absolute atomic E-state index is 0.767. The van der Waals surface area contributed by atoms with E-state index < -0.39 is 0 Å². The Hall–Kier alpha value is -2.16. The molecule has 1 aromatic heterocycles. The molecule has 30 heavy (non-hydrogen) atoms. The summed E-state index contributed by atoms with van der Waals surface area (Å²) >= 11 is 0. The van der Waals surface area contributed by atoms with Crippen molar-refractivity contribution in [2.45, 2.75) is 85.0 Å². The number of aryl methyl sites for hydroxylation is 1. The summed E-state index contributed by atoms with van der Waals surface area (Å²) in [7, 11) is 0. The number of benzene rings is 1. The first-order valence-corrected chi connectivity index (χ1v) is 11.9. The van der Waals surface area contributed by atoms with E-state index in [1.54, 1.807) is 0 Å². The van der Waals surface area contributed by atoms with Crippen molar-refractivity contribution in [1.29, 1.82) is 0 Å². The Balaban J connectivity index is 1.70. The first kappa shape index (κ1) is 24.1. The van der Waals surface area contributed by atoms with Crippen LogP contribution in [0.1, 0.15) is 84.1 Å². The van der Waals surface area contributed by atoms with Crippen molar-refractivity contribution < 1.29 is 4.74 Å². The maximum atomic E-state index is 5.86. The molecule has 164 valence electrons. The third-order valence-electron chi connectivity index (χ3n) is 5.58. The van der Waals surface area contributed by atoms with Crippen LogP contribution in [-0.2, 0) is 6.42 Å². The van der Waals surface area contributed by atoms with E-state index in [0.717, 1.165) is 48.9 Å². The number of nitrogens with zero attached hydrogens (tertiary/aromatic N) is 2. The summed E-state index contributed by atoms with van der Waals surface area (Å²) in [4.78, 5) is 9.13. The van der Waals surface area contributed by atoms with Crippen LogP contribution in [0, 0.1) is 5.92 Å². The molecule has 3 nitrogen and oxygen atoms in total. The van der Waals surface area contributed by atoms with Gasteiger partial charge in [0.05, 0.1) is 6.61 Å². The SMILES string of the molecule is CCCC=CCCCCOc1ccc(-c2ncc(CCCC[C@@H](C)CC)cn2)cc1. The molecule has 0 radical (unpaired) electrons. The number of rotatable bonds is 15. The van der Waals surface area contributed by atoms with Gasteiger partial charge in [-0.05, 0) is 74.3 Å². The smallest absolute Gasteiger partial charge is 0.159 e. The molecule has 0 bridgehead atoms. The van der Waals surface area contributed by atoms with Gasteiger partial charge in [-0.25, -0.2) is 9.97 Å². The molecule has 3 heteroatoms. The van der Waals surface area contributed by atoms with Gasteiger partial charge in [-0.3, -0.25) is 0 Å². The highest BCUT2D eigenvalue weighted by molar-refractivity contribution is 5.55. The second kappa shape index (κ2) is 14.8. The topological polar surface area (TPSA) is 35.0 Å². The first-order valence-electron chi connectivity index (χ1n) is 11.9. The highest BCUT2D eigenvalue weighted by atomic mass is 16.5. The molecule has 0 spiro atoms. The van der Waals surface area contributed by atoms with E-state index in [-0.39, 0.29) is 0 Å². The fraction of sp³-hybridized carbons (Fsp3) is 0.556. The largest absolute Gasteiger partial charge is 0.494 e. The lowest BCUT2D eigenvalue weighted by Gasteiger charge is -2.08. The van der Waals surface area contributed by atoms with E-state index in [1.807, 2.05) is 36.7 Å². The van der Waals surface area contributed by atoms with Crippen LogP contribution in [-0.4, -0.2) is 16.6 Å². The Morgan fingerprint density at radius 2 is 1.63 bits per heavy atom. The average Bonchev–Trinajstić information content (AvgIpc) is 2.79. The van der Waals surface area contributed by atoms with Crippen LogP contribution < -0.4 is 4.74 Å². The second-order valence-corrected chi connectivity index (χ2v) is 8.30. The van der Waals surface area contributed by atoms with Gasteiger partial charge in [0.1, 0.15) is 5.75 Å². The minimum atomic E-state index is 0.767. The molecule has 1 atom stereocenters. The van der Waals surface area contributed by atoms with Crippen molar-refractivity contribution in [3.63, 3.8) is 0 Å². The summed E-state index contributed by atoms with van der Waals surface area (Å²) in [5.74, 6) is 2.53. The lowest BCUT2D eigenvalue weighted by molar-refractivity contribution is 0.307. The van der Waals surface area contributed by atoms with Crippen LogP contribution in [0.5, 0.6) is 5.75 Å². The zero-order valence-electron chi connectivity index (χ0n) is 19.3. The van der Waals surface area contributed by atoms with Gasteiger partial charge in [-0.2, -0.15) is 0 Å². The zero-order valence-corrected chi connectivity index (χ0v) is 19.3. The van der Waals surface area contributed by atoms with Crippen molar-refractivity contribution in [1.82, 2.24) is 9.97 Å². The van der Waals surface area contributed by atoms with E-state index in [4.69, 9.17) is 4.74 Å². The molecule has 0 unspecified atom stereocenters. The van der Waals surface area contributed by atoms with Crippen molar-refractivity contribution in [3.8, 4) is 17.1 Å². The number of ether oxygens (including phenoxy) is 1. The average molecular weight is 409 g/mol. The molecule has 0 fully saturated rings. The van der Waals surface area contributed by atoms with E-state index in [0.29, 0.717) is 0 Å². The van der Waals surface area contributed by atoms with Gasteiger partial charge in [0.2, 0.25) is 0 Å². The van der Waals surface area contributed by atoms with E-state index in [9.17, 15) is 0 Å². The van der Waals surface area contributed by atoms with Gasteiger partial charge in [-0.15, -0.1) is 0 Å². The van der Waals surface area contributed by atoms with Gasteiger partial charge >= 0.3 is 0 Å². The summed E-state index contributed by atoms with van der Waals surface area (Å²) < 4.78 is 5.86. The summed E-state index contributed by atoms with van der Waals surface area (Å²) in [6.07, 6.45) is 20.5. The lowest BCUT2D eigenvalue weighted by atomic mass is 10.00. The molecular formula is C27H40N2O. The fourth-order valence-corrected chi connectivity index (χ4v) is 3.32. The molecule has 0 aliphatic rings. The van der Waals surface area contributed by atoms with Crippen LogP contribution in [0.15, 0.2) is 48.8 Å². The third-order valence-corrected chi connectivity index (χ3v) is 5.58. The summed E-state index contributed by atoms with van der Waals surface area (Å²) in [6.45, 7) is 7.58. The van der Waals surface area contributed by atoms with Crippen molar-refractivity contribution in [2.75, 3.05) is 6.61 Å². The summed E-state index contributed by atoms with van der Waals surface area (Å²) in [6, 6.07) is 8.12. The van der Waals surface area contributed by atoms with Gasteiger partial charge in [-0.1, -0.05) is 58.6 Å². The monoisotopic (exact) mass is 408 g/mol. The van der Waals surface area contributed by atoms with Crippen molar-refractivity contribution >= 4 is 0 Å². The molecule has 1 heterocycles. The Morgan fingerprint density at radius 3 is 2.33 bits per heavy atom. The number of allylic oxidation sites excluding steroid dienone is 2. The van der Waals surface area contributed by atoms with Crippen LogP contribution in [0.4, 0.5) is 0 Å². The normalized spacial score (nSPS) is 12.4. The molecule has 0 aliphatic heterocycles. The van der Waals surface area contributed by atoms with Crippen LogP contribution in [0.25, 0.3) is 11.4 Å². The quantitative estimate of drug-likeness (QED) is 0.223. The van der Waals surface area contributed by atoms with Gasteiger partial charge in [0.15, 0.2) is 5.82 Å². The first-order chi connectivity index (χ1) is 14.7. The Labute approximate surface area is 184 Å². The van der Waals surface area contributed by atoms with Gasteiger partial charge in [0, 0.05) is 18.0 Å². The minimum Gasteiger partial charge on any atom is -0.494 e. The predicted molar refractivity (Wildman–Crippen MR) is 128 cm³/mol. The van der Waals surface area contributed by atoms with E-state index >= 15 is 0 Å². The van der Waals surface area contributed by atoms with Gasteiger partial charge in [0.25, 0.3) is 0 Å². The molecule has 2 aromatic rings. The lowest BCUT2D eigenvalue weighted by Crippen LogP contribution is -1.97. The van der Waals surface area contributed by atoms with Crippen molar-refractivity contribution in [2.24, 2.45) is 5.92 Å². The highest BCUT2D eigenvalue weighted by Crippen LogP contribution is 2.20. The highest BCUT2D eigenvalue weighted by Gasteiger charge is 2.04. The number of hydrogen-bond donors (Lipinski definition) is 0. The standard InChI is InChI=1S/C27H40N2O/c1-4-6-7-8-9-10-13-20-30-26-18-16-25(17-19-26)27-28-21-24(22-29-27)15-12-11-14-23(3)5-2/h7-8,16-19,21-23H,4-6,9-15,20H2,1-3H3/t23-/m0/s1. The molecule has 0 saturated heterocycles. The van der Waals surface area contributed by atoms with E-state index in [2.05, 4.69) is 42.9 Å². The Bertz CT molecular complexity index is 707. The third kappa shape index (κ3) is 9.56. The zero-order chi connectivity index (χ0) is 21.4. The molecule has 2 rings (SSSR count). The Kier molecular flexibility index (Phi) is 11.9. The van der Waals surface area contributed by atoms with Crippen LogP contribution in [0.2, 0.25) is 0 Å².